The monoisotopic (exact) mass is 444 g/mol. The molecule has 1 amide bonds. The molecule has 0 saturated heterocycles. The van der Waals surface area contributed by atoms with E-state index >= 15 is 0 Å². The first kappa shape index (κ1) is 19.7. The Labute approximate surface area is 171 Å². The lowest BCUT2D eigenvalue weighted by molar-refractivity contribution is 0.0937. The highest BCUT2D eigenvalue weighted by molar-refractivity contribution is 9.10. The van der Waals surface area contributed by atoms with Crippen LogP contribution < -0.4 is 5.32 Å². The van der Waals surface area contributed by atoms with Gasteiger partial charge in [-0.3, -0.25) is 4.79 Å². The number of carbonyl (C=O) groups excluding carboxylic acids is 1. The minimum atomic E-state index is -0.103. The Morgan fingerprint density at radius 2 is 1.89 bits per heavy atom. The summed E-state index contributed by atoms with van der Waals surface area (Å²) >= 11 is 5.17. The smallest absolute Gasteiger partial charge is 0.252 e. The molecule has 1 atom stereocenters. The quantitative estimate of drug-likeness (QED) is 0.485. The average Bonchev–Trinajstić information content (AvgIpc) is 2.98. The number of halogens is 1. The molecule has 1 N–H and O–H groups in total. The van der Waals surface area contributed by atoms with E-state index in [-0.39, 0.29) is 11.9 Å². The lowest BCUT2D eigenvalue weighted by Gasteiger charge is -2.17. The number of amides is 1. The number of aryl methyl sites for hydroxylation is 2. The van der Waals surface area contributed by atoms with Crippen LogP contribution in [0, 0.1) is 13.8 Å². The van der Waals surface area contributed by atoms with Crippen LogP contribution in [0.1, 0.15) is 45.9 Å². The maximum atomic E-state index is 12.9. The number of carbonyl (C=O) groups is 1. The van der Waals surface area contributed by atoms with Gasteiger partial charge in [-0.15, -0.1) is 11.8 Å². The summed E-state index contributed by atoms with van der Waals surface area (Å²) in [5, 5.41) is 7.09. The van der Waals surface area contributed by atoms with Gasteiger partial charge >= 0.3 is 0 Å². The number of aromatic nitrogens is 1. The van der Waals surface area contributed by atoms with Crippen molar-refractivity contribution >= 4 is 33.6 Å². The molecule has 0 saturated carbocycles. The van der Waals surface area contributed by atoms with E-state index in [1.54, 1.807) is 11.8 Å². The van der Waals surface area contributed by atoms with Crippen LogP contribution in [0.5, 0.6) is 0 Å². The Kier molecular flexibility index (Phi) is 6.39. The average molecular weight is 445 g/mol. The molecule has 1 unspecified atom stereocenters. The number of nitrogens with one attached hydrogen (secondary N) is 1. The second-order valence-electron chi connectivity index (χ2n) is 6.30. The lowest BCUT2D eigenvalue weighted by atomic mass is 10.1. The molecule has 0 radical (unpaired) electrons. The van der Waals surface area contributed by atoms with Crippen molar-refractivity contribution in [1.82, 2.24) is 10.5 Å². The van der Waals surface area contributed by atoms with Crippen molar-refractivity contribution in [3.8, 4) is 0 Å². The van der Waals surface area contributed by atoms with Crippen LogP contribution in [0.2, 0.25) is 0 Å². The molecule has 0 fully saturated rings. The zero-order valence-electron chi connectivity index (χ0n) is 15.5. The Morgan fingerprint density at radius 3 is 2.59 bits per heavy atom. The van der Waals surface area contributed by atoms with E-state index in [1.165, 1.54) is 0 Å². The SMILES string of the molecule is Cc1noc(C)c1CSc1ccccc1C(=O)NC(C)c1ccccc1Br. The molecule has 3 aromatic rings. The molecule has 0 bridgehead atoms. The topological polar surface area (TPSA) is 55.1 Å². The molecule has 0 aliphatic rings. The third kappa shape index (κ3) is 4.62. The van der Waals surface area contributed by atoms with Gasteiger partial charge in [0.25, 0.3) is 5.91 Å². The Bertz CT molecular complexity index is 935. The minimum Gasteiger partial charge on any atom is -0.361 e. The van der Waals surface area contributed by atoms with E-state index in [2.05, 4.69) is 26.4 Å². The maximum Gasteiger partial charge on any atom is 0.252 e. The number of rotatable bonds is 6. The fourth-order valence-electron chi connectivity index (χ4n) is 2.82. The predicted octanol–water partition coefficient (Wildman–Crippen LogP) is 5.84. The van der Waals surface area contributed by atoms with Crippen LogP contribution in [-0.2, 0) is 5.75 Å². The predicted molar refractivity (Wildman–Crippen MR) is 112 cm³/mol. The molecule has 1 aromatic heterocycles. The zero-order valence-corrected chi connectivity index (χ0v) is 17.9. The fourth-order valence-corrected chi connectivity index (χ4v) is 4.65. The molecule has 140 valence electrons. The molecule has 6 heteroatoms. The first-order valence-corrected chi connectivity index (χ1v) is 10.4. The van der Waals surface area contributed by atoms with Gasteiger partial charge in [0.1, 0.15) is 5.76 Å². The van der Waals surface area contributed by atoms with Gasteiger partial charge < -0.3 is 9.84 Å². The van der Waals surface area contributed by atoms with Crippen LogP contribution in [0.25, 0.3) is 0 Å². The Hall–Kier alpha value is -2.05. The summed E-state index contributed by atoms with van der Waals surface area (Å²) in [6.45, 7) is 5.83. The third-order valence-electron chi connectivity index (χ3n) is 4.40. The van der Waals surface area contributed by atoms with Gasteiger partial charge in [-0.1, -0.05) is 51.4 Å². The molecule has 0 aliphatic carbocycles. The molecule has 27 heavy (non-hydrogen) atoms. The lowest BCUT2D eigenvalue weighted by Crippen LogP contribution is -2.27. The van der Waals surface area contributed by atoms with Gasteiger partial charge in [-0.05, 0) is 44.5 Å². The molecule has 3 rings (SSSR count). The zero-order chi connectivity index (χ0) is 19.4. The van der Waals surface area contributed by atoms with Crippen molar-refractivity contribution in [2.75, 3.05) is 0 Å². The number of hydrogen-bond acceptors (Lipinski definition) is 4. The molecule has 0 aliphatic heterocycles. The summed E-state index contributed by atoms with van der Waals surface area (Å²) in [6, 6.07) is 15.5. The van der Waals surface area contributed by atoms with Crippen LogP contribution in [0.15, 0.2) is 62.4 Å². The second kappa shape index (κ2) is 8.76. The Morgan fingerprint density at radius 1 is 1.19 bits per heavy atom. The van der Waals surface area contributed by atoms with E-state index in [0.717, 1.165) is 31.9 Å². The second-order valence-corrected chi connectivity index (χ2v) is 8.18. The molecule has 0 spiro atoms. The van der Waals surface area contributed by atoms with E-state index in [0.29, 0.717) is 11.3 Å². The van der Waals surface area contributed by atoms with Crippen molar-refractivity contribution in [1.29, 1.82) is 0 Å². The van der Waals surface area contributed by atoms with Gasteiger partial charge in [0.15, 0.2) is 0 Å². The first-order chi connectivity index (χ1) is 13.0. The van der Waals surface area contributed by atoms with Crippen molar-refractivity contribution in [3.63, 3.8) is 0 Å². The van der Waals surface area contributed by atoms with Gasteiger partial charge in [-0.2, -0.15) is 0 Å². The maximum absolute atomic E-state index is 12.9. The minimum absolute atomic E-state index is 0.0832. The van der Waals surface area contributed by atoms with Crippen molar-refractivity contribution in [3.05, 3.63) is 81.1 Å². The highest BCUT2D eigenvalue weighted by atomic mass is 79.9. The van der Waals surface area contributed by atoms with Crippen LogP contribution in [0.4, 0.5) is 0 Å². The summed E-state index contributed by atoms with van der Waals surface area (Å²) in [5.41, 5.74) is 3.70. The van der Waals surface area contributed by atoms with Gasteiger partial charge in [0, 0.05) is 20.7 Å². The third-order valence-corrected chi connectivity index (χ3v) is 6.23. The number of thioether (sulfide) groups is 1. The Balaban J connectivity index is 1.75. The molecular weight excluding hydrogens is 424 g/mol. The number of nitrogens with zero attached hydrogens (tertiary/aromatic N) is 1. The van der Waals surface area contributed by atoms with Gasteiger partial charge in [0.05, 0.1) is 17.3 Å². The summed E-state index contributed by atoms with van der Waals surface area (Å²) in [7, 11) is 0. The van der Waals surface area contributed by atoms with E-state index in [4.69, 9.17) is 4.52 Å². The molecule has 4 nitrogen and oxygen atoms in total. The highest BCUT2D eigenvalue weighted by Gasteiger charge is 2.17. The number of benzene rings is 2. The summed E-state index contributed by atoms with van der Waals surface area (Å²) in [4.78, 5) is 13.8. The van der Waals surface area contributed by atoms with Crippen LogP contribution in [0.3, 0.4) is 0 Å². The highest BCUT2D eigenvalue weighted by Crippen LogP contribution is 2.29. The van der Waals surface area contributed by atoms with Crippen molar-refractivity contribution in [2.24, 2.45) is 0 Å². The molecule has 1 heterocycles. The summed E-state index contributed by atoms with van der Waals surface area (Å²) < 4.78 is 6.21. The van der Waals surface area contributed by atoms with Gasteiger partial charge in [-0.25, -0.2) is 0 Å². The standard InChI is InChI=1S/C21H21BrN2O2S/c1-13(16-8-4-6-10-19(16)22)23-21(25)17-9-5-7-11-20(17)27-12-18-14(2)24-26-15(18)3/h4-11,13H,12H2,1-3H3,(H,23,25). The fraction of sp³-hybridized carbons (Fsp3) is 0.238. The van der Waals surface area contributed by atoms with Gasteiger partial charge in [0.2, 0.25) is 0 Å². The molecule has 2 aromatic carbocycles. The summed E-state index contributed by atoms with van der Waals surface area (Å²) in [5.74, 6) is 1.45. The van der Waals surface area contributed by atoms with Crippen molar-refractivity contribution in [2.45, 2.75) is 37.5 Å². The number of hydrogen-bond donors (Lipinski definition) is 1. The van der Waals surface area contributed by atoms with E-state index in [1.807, 2.05) is 69.3 Å². The summed E-state index contributed by atoms with van der Waals surface area (Å²) in [6.07, 6.45) is 0. The largest absolute Gasteiger partial charge is 0.361 e. The van der Waals surface area contributed by atoms with E-state index < -0.39 is 0 Å². The van der Waals surface area contributed by atoms with Crippen LogP contribution >= 0.6 is 27.7 Å². The molecular formula is C21H21BrN2O2S. The van der Waals surface area contributed by atoms with Crippen molar-refractivity contribution < 1.29 is 9.32 Å². The normalized spacial score (nSPS) is 12.0. The first-order valence-electron chi connectivity index (χ1n) is 8.66. The van der Waals surface area contributed by atoms with E-state index in [9.17, 15) is 4.79 Å². The van der Waals surface area contributed by atoms with Crippen LogP contribution in [-0.4, -0.2) is 11.1 Å².